The Labute approximate surface area is 174 Å². The zero-order chi connectivity index (χ0) is 22.4. The summed E-state index contributed by atoms with van der Waals surface area (Å²) >= 11 is 0. The average molecular weight is 412 g/mol. The van der Waals surface area contributed by atoms with Crippen LogP contribution in [0.4, 0.5) is 5.69 Å². The molecule has 0 radical (unpaired) electrons. The highest BCUT2D eigenvalue weighted by atomic mass is 16.6. The summed E-state index contributed by atoms with van der Waals surface area (Å²) in [7, 11) is 0. The van der Waals surface area contributed by atoms with Crippen molar-refractivity contribution in [1.29, 1.82) is 5.26 Å². The van der Waals surface area contributed by atoms with Gasteiger partial charge in [0.2, 0.25) is 6.41 Å². The maximum Gasteiger partial charge on any atom is 0.336 e. The van der Waals surface area contributed by atoms with Gasteiger partial charge in [-0.3, -0.25) is 14.9 Å². The average Bonchev–Trinajstić information content (AvgIpc) is 2.69. The number of nitriles is 1. The lowest BCUT2D eigenvalue weighted by Crippen LogP contribution is -2.39. The van der Waals surface area contributed by atoms with E-state index in [-0.39, 0.29) is 30.3 Å². The molecule has 9 heteroatoms. The van der Waals surface area contributed by atoms with E-state index in [1.165, 1.54) is 17.0 Å². The first-order valence-electron chi connectivity index (χ1n) is 9.43. The third-order valence-corrected chi connectivity index (χ3v) is 4.78. The molecule has 0 fully saturated rings. The highest BCUT2D eigenvalue weighted by Crippen LogP contribution is 2.40. The molecule has 1 aromatic carbocycles. The van der Waals surface area contributed by atoms with Crippen LogP contribution >= 0.6 is 0 Å². The molecule has 1 aromatic rings. The van der Waals surface area contributed by atoms with Gasteiger partial charge in [0.05, 0.1) is 34.6 Å². The first-order valence-corrected chi connectivity index (χ1v) is 9.43. The van der Waals surface area contributed by atoms with Gasteiger partial charge in [-0.05, 0) is 33.3 Å². The number of nitro groups is 1. The molecule has 0 spiro atoms. The van der Waals surface area contributed by atoms with E-state index in [1.54, 1.807) is 26.0 Å². The molecule has 1 aliphatic rings. The Balaban J connectivity index is 2.63. The van der Waals surface area contributed by atoms with Gasteiger partial charge in [-0.15, -0.1) is 0 Å². The van der Waals surface area contributed by atoms with Crippen molar-refractivity contribution in [2.75, 3.05) is 6.61 Å². The molecule has 0 aromatic heterocycles. The summed E-state index contributed by atoms with van der Waals surface area (Å²) < 4.78 is 5.27. The fourth-order valence-electron chi connectivity index (χ4n) is 3.43. The summed E-state index contributed by atoms with van der Waals surface area (Å²) in [6, 6.07) is 7.59. The number of amides is 1. The van der Waals surface area contributed by atoms with Crippen molar-refractivity contribution in [3.8, 4) is 6.07 Å². The molecule has 0 saturated heterocycles. The van der Waals surface area contributed by atoms with E-state index in [4.69, 9.17) is 10.00 Å². The van der Waals surface area contributed by atoms with E-state index in [0.29, 0.717) is 29.1 Å². The monoisotopic (exact) mass is 412 g/mol. The van der Waals surface area contributed by atoms with Gasteiger partial charge in [0.25, 0.3) is 5.69 Å². The number of rotatable bonds is 8. The smallest absolute Gasteiger partial charge is 0.336 e. The van der Waals surface area contributed by atoms with Crippen molar-refractivity contribution in [3.05, 3.63) is 62.6 Å². The Morgan fingerprint density at radius 2 is 1.97 bits per heavy atom. The SMILES string of the molecule is CC1=C(C(=O)OCCC#N)C(c2ccc([N+](=O)[O-])cc2)C(N(C=O)C(C)C)=C(C)N1. The number of nitro benzene ring substituents is 1. The molecule has 158 valence electrons. The highest BCUT2D eigenvalue weighted by Gasteiger charge is 2.37. The zero-order valence-corrected chi connectivity index (χ0v) is 17.3. The number of hydrogen-bond acceptors (Lipinski definition) is 7. The Morgan fingerprint density at radius 3 is 2.47 bits per heavy atom. The summed E-state index contributed by atoms with van der Waals surface area (Å²) in [6.45, 7) is 7.15. The Morgan fingerprint density at radius 1 is 1.33 bits per heavy atom. The maximum absolute atomic E-state index is 12.9. The van der Waals surface area contributed by atoms with Gasteiger partial charge in [-0.25, -0.2) is 4.79 Å². The van der Waals surface area contributed by atoms with Crippen molar-refractivity contribution >= 4 is 18.1 Å². The number of nitrogens with zero attached hydrogens (tertiary/aromatic N) is 3. The molecule has 9 nitrogen and oxygen atoms in total. The lowest BCUT2D eigenvalue weighted by molar-refractivity contribution is -0.384. The third-order valence-electron chi connectivity index (χ3n) is 4.78. The number of allylic oxidation sites excluding steroid dienone is 3. The highest BCUT2D eigenvalue weighted by molar-refractivity contribution is 5.92. The lowest BCUT2D eigenvalue weighted by atomic mass is 9.83. The van der Waals surface area contributed by atoms with Crippen molar-refractivity contribution < 1.29 is 19.2 Å². The summed E-state index contributed by atoms with van der Waals surface area (Å²) in [5.74, 6) is -1.28. The van der Waals surface area contributed by atoms with E-state index in [2.05, 4.69) is 5.32 Å². The quantitative estimate of drug-likeness (QED) is 0.229. The van der Waals surface area contributed by atoms with Crippen LogP contribution in [0.1, 0.15) is 45.6 Å². The van der Waals surface area contributed by atoms with Crippen molar-refractivity contribution in [2.45, 2.75) is 46.1 Å². The topological polar surface area (TPSA) is 126 Å². The molecule has 1 atom stereocenters. The lowest BCUT2D eigenvalue weighted by Gasteiger charge is -2.37. The van der Waals surface area contributed by atoms with Crippen molar-refractivity contribution in [2.24, 2.45) is 0 Å². The van der Waals surface area contributed by atoms with Crippen LogP contribution in [0.25, 0.3) is 0 Å². The number of non-ortho nitro benzene ring substituents is 1. The van der Waals surface area contributed by atoms with Crippen LogP contribution in [-0.4, -0.2) is 34.9 Å². The molecule has 1 aliphatic heterocycles. The second-order valence-corrected chi connectivity index (χ2v) is 7.11. The fraction of sp³-hybridized carbons (Fsp3) is 0.381. The molecule has 0 bridgehead atoms. The molecule has 30 heavy (non-hydrogen) atoms. The van der Waals surface area contributed by atoms with E-state index in [0.717, 1.165) is 0 Å². The number of hydrogen-bond donors (Lipinski definition) is 1. The van der Waals surface area contributed by atoms with Crippen LogP contribution in [0.15, 0.2) is 46.9 Å². The van der Waals surface area contributed by atoms with Gasteiger partial charge >= 0.3 is 5.97 Å². The molecule has 1 N–H and O–H groups in total. The first-order chi connectivity index (χ1) is 14.2. The molecule has 1 heterocycles. The van der Waals surface area contributed by atoms with Crippen LogP contribution in [0, 0.1) is 21.4 Å². The van der Waals surface area contributed by atoms with Crippen LogP contribution in [0.5, 0.6) is 0 Å². The molecular weight excluding hydrogens is 388 g/mol. The third kappa shape index (κ3) is 4.66. The van der Waals surface area contributed by atoms with Gasteiger partial charge in [0, 0.05) is 29.6 Å². The standard InChI is InChI=1S/C21H24N4O5/c1-13(2)24(12-26)20-15(4)23-14(3)18(21(27)30-11-5-10-22)19(20)16-6-8-17(9-7-16)25(28)29/h6-9,12-13,19,23H,5,11H2,1-4H3. The van der Waals surface area contributed by atoms with Gasteiger partial charge in [-0.1, -0.05) is 12.1 Å². The van der Waals surface area contributed by atoms with E-state index in [1.807, 2.05) is 19.9 Å². The summed E-state index contributed by atoms with van der Waals surface area (Å²) in [6.07, 6.45) is 0.755. The largest absolute Gasteiger partial charge is 0.461 e. The summed E-state index contributed by atoms with van der Waals surface area (Å²) in [5.41, 5.74) is 2.61. The number of ether oxygens (including phenoxy) is 1. The molecule has 2 rings (SSSR count). The minimum absolute atomic E-state index is 0.0568. The van der Waals surface area contributed by atoms with Crippen LogP contribution < -0.4 is 5.32 Å². The van der Waals surface area contributed by atoms with E-state index < -0.39 is 16.8 Å². The van der Waals surface area contributed by atoms with Gasteiger partial charge < -0.3 is 15.0 Å². The number of dihydropyridines is 1. The molecule has 0 saturated carbocycles. The van der Waals surface area contributed by atoms with Crippen molar-refractivity contribution in [3.63, 3.8) is 0 Å². The second kappa shape index (κ2) is 9.69. The van der Waals surface area contributed by atoms with Gasteiger partial charge in [0.1, 0.15) is 6.61 Å². The van der Waals surface area contributed by atoms with Crippen LogP contribution in [0.2, 0.25) is 0 Å². The zero-order valence-electron chi connectivity index (χ0n) is 17.3. The number of nitrogens with one attached hydrogen (secondary N) is 1. The number of esters is 1. The van der Waals surface area contributed by atoms with E-state index in [9.17, 15) is 19.7 Å². The van der Waals surface area contributed by atoms with Gasteiger partial charge in [0.15, 0.2) is 0 Å². The fourth-order valence-corrected chi connectivity index (χ4v) is 3.43. The van der Waals surface area contributed by atoms with Gasteiger partial charge in [-0.2, -0.15) is 5.26 Å². The number of benzene rings is 1. The first kappa shape index (κ1) is 22.6. The predicted molar refractivity (Wildman–Crippen MR) is 109 cm³/mol. The van der Waals surface area contributed by atoms with E-state index >= 15 is 0 Å². The molecule has 1 amide bonds. The number of carbonyl (C=O) groups is 2. The van der Waals surface area contributed by atoms with Crippen LogP contribution in [0.3, 0.4) is 0 Å². The molecule has 1 unspecified atom stereocenters. The Hall–Kier alpha value is -3.67. The number of carbonyl (C=O) groups excluding carboxylic acids is 2. The predicted octanol–water partition coefficient (Wildman–Crippen LogP) is 3.11. The summed E-state index contributed by atoms with van der Waals surface area (Å²) in [4.78, 5) is 36.9. The minimum Gasteiger partial charge on any atom is -0.461 e. The maximum atomic E-state index is 12.9. The second-order valence-electron chi connectivity index (χ2n) is 7.11. The normalized spacial score (nSPS) is 16.1. The summed E-state index contributed by atoms with van der Waals surface area (Å²) in [5, 5.41) is 22.9. The molecule has 0 aliphatic carbocycles. The van der Waals surface area contributed by atoms with Crippen LogP contribution in [-0.2, 0) is 14.3 Å². The Bertz CT molecular complexity index is 941. The van der Waals surface area contributed by atoms with Crippen molar-refractivity contribution in [1.82, 2.24) is 10.2 Å². The minimum atomic E-state index is -0.672. The molecular formula is C21H24N4O5. The Kier molecular flexibility index (Phi) is 7.31.